The molecule has 1 aliphatic heterocycles. The number of carbonyl (C=O) groups excluding carboxylic acids is 2. The average molecular weight is 392 g/mol. The van der Waals surface area contributed by atoms with Crippen LogP contribution in [-0.4, -0.2) is 54.2 Å². The van der Waals surface area contributed by atoms with Gasteiger partial charge in [0.05, 0.1) is 30.2 Å². The summed E-state index contributed by atoms with van der Waals surface area (Å²) < 4.78 is 5.29. The van der Waals surface area contributed by atoms with E-state index in [0.29, 0.717) is 19.5 Å². The number of carbonyl (C=O) groups is 2. The Kier molecular flexibility index (Phi) is 4.96. The van der Waals surface area contributed by atoms with E-state index in [1.165, 1.54) is 0 Å². The van der Waals surface area contributed by atoms with Crippen LogP contribution < -0.4 is 10.1 Å². The second-order valence-corrected chi connectivity index (χ2v) is 7.53. The van der Waals surface area contributed by atoms with Crippen LogP contribution in [0.25, 0.3) is 10.9 Å². The zero-order chi connectivity index (χ0) is 20.4. The first-order valence-electron chi connectivity index (χ1n) is 9.59. The Bertz CT molecular complexity index is 1050. The van der Waals surface area contributed by atoms with Gasteiger partial charge in [0.1, 0.15) is 5.75 Å². The Labute approximate surface area is 169 Å². The molecule has 0 radical (unpaired) electrons. The highest BCUT2D eigenvalue weighted by Crippen LogP contribution is 2.36. The van der Waals surface area contributed by atoms with E-state index in [0.717, 1.165) is 27.9 Å². The Morgan fingerprint density at radius 1 is 1.21 bits per heavy atom. The minimum atomic E-state index is -0.618. The van der Waals surface area contributed by atoms with E-state index < -0.39 is 5.41 Å². The van der Waals surface area contributed by atoms with E-state index in [2.05, 4.69) is 15.5 Å². The number of methoxy groups -OCH3 is 1. The summed E-state index contributed by atoms with van der Waals surface area (Å²) in [5.74, 6) is 0.703. The van der Waals surface area contributed by atoms with Gasteiger partial charge in [-0.1, -0.05) is 30.3 Å². The highest BCUT2D eigenvalue weighted by Gasteiger charge is 2.50. The molecule has 0 unspecified atom stereocenters. The summed E-state index contributed by atoms with van der Waals surface area (Å²) in [6, 6.07) is 15.4. The number of amides is 2. The minimum Gasteiger partial charge on any atom is -0.497 e. The maximum absolute atomic E-state index is 12.8. The number of nitrogens with zero attached hydrogens (tertiary/aromatic N) is 2. The number of benzene rings is 2. The second kappa shape index (κ2) is 7.58. The molecule has 2 aromatic carbocycles. The Morgan fingerprint density at radius 2 is 2.00 bits per heavy atom. The molecule has 0 spiro atoms. The van der Waals surface area contributed by atoms with E-state index in [-0.39, 0.29) is 18.2 Å². The number of rotatable bonds is 6. The van der Waals surface area contributed by atoms with Gasteiger partial charge in [0, 0.05) is 25.5 Å². The lowest BCUT2D eigenvalue weighted by Gasteiger charge is -2.48. The van der Waals surface area contributed by atoms with Crippen molar-refractivity contribution in [3.05, 3.63) is 59.8 Å². The monoisotopic (exact) mass is 392 g/mol. The van der Waals surface area contributed by atoms with Gasteiger partial charge in [-0.25, -0.2) is 0 Å². The number of fused-ring (bicyclic) bond motifs is 1. The third-order valence-corrected chi connectivity index (χ3v) is 5.59. The standard InChI is InChI=1S/C22H24N4O3/c1-23-21(28)22(12-15-6-5-7-16(10-15)29-2)13-26(14-22)20(27)11-19-17-8-3-4-9-18(17)24-25-19/h3-10H,11-14H2,1-2H3,(H,23,28)(H,24,25). The normalized spacial score (nSPS) is 15.0. The van der Waals surface area contributed by atoms with Crippen molar-refractivity contribution in [3.63, 3.8) is 0 Å². The first-order valence-corrected chi connectivity index (χ1v) is 9.59. The van der Waals surface area contributed by atoms with Crippen molar-refractivity contribution >= 4 is 22.7 Å². The lowest BCUT2D eigenvalue weighted by atomic mass is 9.73. The summed E-state index contributed by atoms with van der Waals surface area (Å²) in [7, 11) is 3.26. The number of nitrogens with one attached hydrogen (secondary N) is 2. The molecule has 1 saturated heterocycles. The van der Waals surface area contributed by atoms with Crippen LogP contribution in [0, 0.1) is 5.41 Å². The van der Waals surface area contributed by atoms with Crippen molar-refractivity contribution in [1.29, 1.82) is 0 Å². The topological polar surface area (TPSA) is 87.3 Å². The minimum absolute atomic E-state index is 0.00965. The molecule has 1 aromatic heterocycles. The van der Waals surface area contributed by atoms with Crippen LogP contribution >= 0.6 is 0 Å². The highest BCUT2D eigenvalue weighted by molar-refractivity contribution is 5.90. The van der Waals surface area contributed by atoms with Crippen molar-refractivity contribution in [3.8, 4) is 5.75 Å². The molecule has 0 atom stereocenters. The number of hydrogen-bond acceptors (Lipinski definition) is 4. The fraction of sp³-hybridized carbons (Fsp3) is 0.318. The summed E-state index contributed by atoms with van der Waals surface area (Å²) in [6.07, 6.45) is 0.796. The Morgan fingerprint density at radius 3 is 2.76 bits per heavy atom. The smallest absolute Gasteiger partial charge is 0.229 e. The lowest BCUT2D eigenvalue weighted by molar-refractivity contribution is -0.152. The molecular weight excluding hydrogens is 368 g/mol. The first-order chi connectivity index (χ1) is 14.0. The van der Waals surface area contributed by atoms with Crippen LogP contribution in [0.15, 0.2) is 48.5 Å². The number of ether oxygens (including phenoxy) is 1. The van der Waals surface area contributed by atoms with Crippen molar-refractivity contribution < 1.29 is 14.3 Å². The first kappa shape index (κ1) is 19.0. The van der Waals surface area contributed by atoms with Gasteiger partial charge in [-0.05, 0) is 30.2 Å². The van der Waals surface area contributed by atoms with Gasteiger partial charge in [0.2, 0.25) is 11.8 Å². The summed E-state index contributed by atoms with van der Waals surface area (Å²) in [5, 5.41) is 10.9. The molecule has 0 aliphatic carbocycles. The number of aromatic nitrogens is 2. The lowest BCUT2D eigenvalue weighted by Crippen LogP contribution is -2.65. The quantitative estimate of drug-likeness (QED) is 0.671. The van der Waals surface area contributed by atoms with Crippen molar-refractivity contribution in [2.75, 3.05) is 27.2 Å². The summed E-state index contributed by atoms with van der Waals surface area (Å²) >= 11 is 0. The molecule has 7 nitrogen and oxygen atoms in total. The molecule has 0 saturated carbocycles. The summed E-state index contributed by atoms with van der Waals surface area (Å²) in [6.45, 7) is 0.795. The van der Waals surface area contributed by atoms with Crippen LogP contribution in [0.4, 0.5) is 0 Å². The fourth-order valence-corrected chi connectivity index (χ4v) is 4.05. The average Bonchev–Trinajstić information content (AvgIpc) is 3.12. The maximum atomic E-state index is 12.8. The maximum Gasteiger partial charge on any atom is 0.229 e. The van der Waals surface area contributed by atoms with Crippen LogP contribution in [0.2, 0.25) is 0 Å². The Balaban J connectivity index is 1.47. The molecule has 2 amide bonds. The van der Waals surface area contributed by atoms with Gasteiger partial charge in [-0.15, -0.1) is 0 Å². The number of aromatic amines is 1. The van der Waals surface area contributed by atoms with Crippen molar-refractivity contribution in [2.45, 2.75) is 12.8 Å². The zero-order valence-electron chi connectivity index (χ0n) is 16.6. The summed E-state index contributed by atoms with van der Waals surface area (Å²) in [4.78, 5) is 27.2. The third kappa shape index (κ3) is 3.55. The molecule has 4 rings (SSSR count). The van der Waals surface area contributed by atoms with Crippen LogP contribution in [0.1, 0.15) is 11.3 Å². The van der Waals surface area contributed by atoms with Crippen molar-refractivity contribution in [2.24, 2.45) is 5.41 Å². The van der Waals surface area contributed by atoms with Crippen LogP contribution in [-0.2, 0) is 22.4 Å². The van der Waals surface area contributed by atoms with Gasteiger partial charge in [0.15, 0.2) is 0 Å². The van der Waals surface area contributed by atoms with E-state index in [9.17, 15) is 9.59 Å². The molecular formula is C22H24N4O3. The Hall–Kier alpha value is -3.35. The molecule has 7 heteroatoms. The molecule has 3 aromatic rings. The van der Waals surface area contributed by atoms with Crippen LogP contribution in [0.5, 0.6) is 5.75 Å². The van der Waals surface area contributed by atoms with Gasteiger partial charge in [-0.2, -0.15) is 5.10 Å². The highest BCUT2D eigenvalue weighted by atomic mass is 16.5. The van der Waals surface area contributed by atoms with Crippen molar-refractivity contribution in [1.82, 2.24) is 20.4 Å². The SMILES string of the molecule is CNC(=O)C1(Cc2cccc(OC)c2)CN(C(=O)Cc2[nH]nc3ccccc23)C1. The van der Waals surface area contributed by atoms with E-state index in [1.54, 1.807) is 19.1 Å². The number of hydrogen-bond donors (Lipinski definition) is 2. The third-order valence-electron chi connectivity index (χ3n) is 5.59. The molecule has 2 N–H and O–H groups in total. The molecule has 2 heterocycles. The van der Waals surface area contributed by atoms with Crippen LogP contribution in [0.3, 0.4) is 0 Å². The van der Waals surface area contributed by atoms with Gasteiger partial charge < -0.3 is 15.0 Å². The fourth-order valence-electron chi connectivity index (χ4n) is 4.05. The molecule has 0 bridgehead atoms. The van der Waals surface area contributed by atoms with Gasteiger partial charge in [0.25, 0.3) is 0 Å². The molecule has 150 valence electrons. The predicted molar refractivity (Wildman–Crippen MR) is 110 cm³/mol. The van der Waals surface area contributed by atoms with E-state index in [4.69, 9.17) is 4.74 Å². The second-order valence-electron chi connectivity index (χ2n) is 7.53. The largest absolute Gasteiger partial charge is 0.497 e. The van der Waals surface area contributed by atoms with E-state index >= 15 is 0 Å². The molecule has 1 fully saturated rings. The van der Waals surface area contributed by atoms with Gasteiger partial charge in [-0.3, -0.25) is 14.7 Å². The molecule has 1 aliphatic rings. The number of para-hydroxylation sites is 1. The number of likely N-dealkylation sites (tertiary alicyclic amines) is 1. The number of H-pyrrole nitrogens is 1. The zero-order valence-corrected chi connectivity index (χ0v) is 16.6. The predicted octanol–water partition coefficient (Wildman–Crippen LogP) is 1.93. The van der Waals surface area contributed by atoms with Gasteiger partial charge >= 0.3 is 0 Å². The van der Waals surface area contributed by atoms with E-state index in [1.807, 2.05) is 48.5 Å². The summed E-state index contributed by atoms with van der Waals surface area (Å²) in [5.41, 5.74) is 2.04. The molecule has 29 heavy (non-hydrogen) atoms.